The van der Waals surface area contributed by atoms with E-state index < -0.39 is 0 Å². The Morgan fingerprint density at radius 3 is 2.57 bits per heavy atom. The highest BCUT2D eigenvalue weighted by Crippen LogP contribution is 2.41. The van der Waals surface area contributed by atoms with Gasteiger partial charge in [-0.25, -0.2) is 0 Å². The van der Waals surface area contributed by atoms with Crippen molar-refractivity contribution in [2.45, 2.75) is 58.4 Å². The molecule has 3 saturated heterocycles. The van der Waals surface area contributed by atoms with Crippen LogP contribution in [0, 0.1) is 11.3 Å². The number of thioether (sulfide) groups is 1. The van der Waals surface area contributed by atoms with Gasteiger partial charge in [-0.15, -0.1) is 0 Å². The first-order valence-corrected chi connectivity index (χ1v) is 12.4. The van der Waals surface area contributed by atoms with E-state index in [0.717, 1.165) is 51.4 Å². The summed E-state index contributed by atoms with van der Waals surface area (Å²) in [6.45, 7) is 9.48. The summed E-state index contributed by atoms with van der Waals surface area (Å²) in [5.41, 5.74) is 2.54. The van der Waals surface area contributed by atoms with Crippen molar-refractivity contribution in [3.8, 4) is 0 Å². The number of piperidine rings is 1. The Hall–Kier alpha value is -1.00. The maximum atomic E-state index is 13.5. The van der Waals surface area contributed by atoms with Gasteiger partial charge < -0.3 is 9.80 Å². The van der Waals surface area contributed by atoms with Gasteiger partial charge in [-0.2, -0.15) is 11.8 Å². The fourth-order valence-electron chi connectivity index (χ4n) is 5.32. The zero-order valence-electron chi connectivity index (χ0n) is 17.7. The second-order valence-electron chi connectivity index (χ2n) is 9.55. The quantitative estimate of drug-likeness (QED) is 0.711. The fraction of sp³-hybridized carbons (Fsp3) is 0.708. The Balaban J connectivity index is 1.37. The molecule has 3 aliphatic heterocycles. The lowest BCUT2D eigenvalue weighted by atomic mass is 9.78. The molecule has 28 heavy (non-hydrogen) atoms. The molecular formula is C24H36N2OS. The number of amides is 1. The van der Waals surface area contributed by atoms with Gasteiger partial charge >= 0.3 is 0 Å². The van der Waals surface area contributed by atoms with Crippen molar-refractivity contribution in [1.29, 1.82) is 0 Å². The minimum atomic E-state index is -0.0977. The van der Waals surface area contributed by atoms with Crippen LogP contribution in [0.25, 0.3) is 0 Å². The molecule has 0 saturated carbocycles. The van der Waals surface area contributed by atoms with Crippen molar-refractivity contribution in [3.05, 3.63) is 35.4 Å². The Morgan fingerprint density at radius 1 is 1.11 bits per heavy atom. The molecule has 1 aromatic rings. The van der Waals surface area contributed by atoms with Crippen LogP contribution in [0.3, 0.4) is 0 Å². The Bertz CT molecular complexity index is 668. The summed E-state index contributed by atoms with van der Waals surface area (Å²) in [5.74, 6) is 4.48. The third-order valence-corrected chi connectivity index (χ3v) is 8.18. The van der Waals surface area contributed by atoms with Gasteiger partial charge in [0.1, 0.15) is 0 Å². The standard InChI is InChI=1S/C24H36N2OS/c1-19(2)22-6-4-20(5-7-22)17-26-12-3-10-24(23(26)27)11-13-25(18-24)16-21-8-14-28-15-9-21/h4-7,19,21H,3,8-18H2,1-2H3. The minimum absolute atomic E-state index is 0.0977. The zero-order valence-corrected chi connectivity index (χ0v) is 18.5. The van der Waals surface area contributed by atoms with Gasteiger partial charge in [-0.3, -0.25) is 4.79 Å². The van der Waals surface area contributed by atoms with Gasteiger partial charge in [0, 0.05) is 26.2 Å². The molecule has 0 aromatic heterocycles. The SMILES string of the molecule is CC(C)c1ccc(CN2CCCC3(CCN(CC4CCSCC4)C3)C2=O)cc1. The van der Waals surface area contributed by atoms with Crippen LogP contribution in [0.5, 0.6) is 0 Å². The Labute approximate surface area is 175 Å². The van der Waals surface area contributed by atoms with Crippen molar-refractivity contribution < 1.29 is 4.79 Å². The van der Waals surface area contributed by atoms with E-state index in [-0.39, 0.29) is 5.41 Å². The summed E-state index contributed by atoms with van der Waals surface area (Å²) in [4.78, 5) is 18.2. The van der Waals surface area contributed by atoms with E-state index in [4.69, 9.17) is 0 Å². The van der Waals surface area contributed by atoms with Crippen LogP contribution >= 0.6 is 11.8 Å². The molecule has 4 rings (SSSR count). The number of nitrogens with zero attached hydrogens (tertiary/aromatic N) is 2. The van der Waals surface area contributed by atoms with E-state index >= 15 is 0 Å². The zero-order chi connectivity index (χ0) is 19.6. The van der Waals surface area contributed by atoms with Crippen LogP contribution < -0.4 is 0 Å². The lowest BCUT2D eigenvalue weighted by Crippen LogP contribution is -2.49. The Kier molecular flexibility index (Phi) is 6.37. The van der Waals surface area contributed by atoms with E-state index in [2.05, 4.69) is 59.7 Å². The maximum absolute atomic E-state index is 13.5. The number of hydrogen-bond acceptors (Lipinski definition) is 3. The molecule has 0 bridgehead atoms. The lowest BCUT2D eigenvalue weighted by Gasteiger charge is -2.40. The molecule has 1 spiro atoms. The average Bonchev–Trinajstić information content (AvgIpc) is 3.10. The van der Waals surface area contributed by atoms with Crippen molar-refractivity contribution in [1.82, 2.24) is 9.80 Å². The summed E-state index contributed by atoms with van der Waals surface area (Å²) in [5, 5.41) is 0. The number of benzene rings is 1. The first kappa shape index (κ1) is 20.3. The molecule has 1 amide bonds. The van der Waals surface area contributed by atoms with Crippen LogP contribution in [0.15, 0.2) is 24.3 Å². The highest BCUT2D eigenvalue weighted by Gasteiger charge is 2.48. The molecule has 154 valence electrons. The highest BCUT2D eigenvalue weighted by molar-refractivity contribution is 7.99. The molecule has 3 nitrogen and oxygen atoms in total. The van der Waals surface area contributed by atoms with Crippen molar-refractivity contribution in [3.63, 3.8) is 0 Å². The summed E-state index contributed by atoms with van der Waals surface area (Å²) in [6, 6.07) is 8.88. The summed E-state index contributed by atoms with van der Waals surface area (Å²) >= 11 is 2.10. The summed E-state index contributed by atoms with van der Waals surface area (Å²) in [7, 11) is 0. The third kappa shape index (κ3) is 4.43. The average molecular weight is 401 g/mol. The van der Waals surface area contributed by atoms with E-state index in [9.17, 15) is 4.79 Å². The van der Waals surface area contributed by atoms with E-state index in [0.29, 0.717) is 11.8 Å². The van der Waals surface area contributed by atoms with E-state index in [1.807, 2.05) is 0 Å². The van der Waals surface area contributed by atoms with Gasteiger partial charge in [-0.05, 0) is 73.1 Å². The number of likely N-dealkylation sites (tertiary alicyclic amines) is 2. The lowest BCUT2D eigenvalue weighted by molar-refractivity contribution is -0.146. The van der Waals surface area contributed by atoms with Gasteiger partial charge in [0.05, 0.1) is 5.41 Å². The van der Waals surface area contributed by atoms with Crippen molar-refractivity contribution in [2.24, 2.45) is 11.3 Å². The molecule has 0 N–H and O–H groups in total. The van der Waals surface area contributed by atoms with E-state index in [1.54, 1.807) is 0 Å². The number of carbonyl (C=O) groups is 1. The van der Waals surface area contributed by atoms with Gasteiger partial charge in [0.25, 0.3) is 0 Å². The second-order valence-corrected chi connectivity index (χ2v) is 10.8. The monoisotopic (exact) mass is 400 g/mol. The molecule has 0 aliphatic carbocycles. The molecule has 1 atom stereocenters. The fourth-order valence-corrected chi connectivity index (χ4v) is 6.52. The molecular weight excluding hydrogens is 364 g/mol. The Morgan fingerprint density at radius 2 is 1.86 bits per heavy atom. The second kappa shape index (κ2) is 8.79. The summed E-state index contributed by atoms with van der Waals surface area (Å²) in [6.07, 6.45) is 6.03. The van der Waals surface area contributed by atoms with Crippen LogP contribution in [-0.2, 0) is 11.3 Å². The number of hydrogen-bond donors (Lipinski definition) is 0. The van der Waals surface area contributed by atoms with Crippen LogP contribution in [-0.4, -0.2) is 53.4 Å². The molecule has 1 unspecified atom stereocenters. The first-order valence-electron chi connectivity index (χ1n) is 11.2. The third-order valence-electron chi connectivity index (χ3n) is 7.13. The molecule has 3 aliphatic rings. The van der Waals surface area contributed by atoms with Gasteiger partial charge in [0.2, 0.25) is 5.91 Å². The topological polar surface area (TPSA) is 23.6 Å². The van der Waals surface area contributed by atoms with Gasteiger partial charge in [-0.1, -0.05) is 38.1 Å². The highest BCUT2D eigenvalue weighted by atomic mass is 32.2. The molecule has 3 heterocycles. The van der Waals surface area contributed by atoms with Crippen molar-refractivity contribution >= 4 is 17.7 Å². The summed E-state index contributed by atoms with van der Waals surface area (Å²) < 4.78 is 0. The van der Waals surface area contributed by atoms with E-state index in [1.165, 1.54) is 42.0 Å². The van der Waals surface area contributed by atoms with Crippen LogP contribution in [0.4, 0.5) is 0 Å². The maximum Gasteiger partial charge on any atom is 0.230 e. The minimum Gasteiger partial charge on any atom is -0.338 e. The smallest absolute Gasteiger partial charge is 0.230 e. The molecule has 4 heteroatoms. The molecule has 3 fully saturated rings. The van der Waals surface area contributed by atoms with Crippen LogP contribution in [0.1, 0.15) is 63.0 Å². The predicted octanol–water partition coefficient (Wildman–Crippen LogP) is 4.77. The largest absolute Gasteiger partial charge is 0.338 e. The number of carbonyl (C=O) groups excluding carboxylic acids is 1. The van der Waals surface area contributed by atoms with Gasteiger partial charge in [0.15, 0.2) is 0 Å². The number of rotatable bonds is 5. The molecule has 1 aromatic carbocycles. The molecule has 0 radical (unpaired) electrons. The van der Waals surface area contributed by atoms with Crippen molar-refractivity contribution in [2.75, 3.05) is 37.7 Å². The first-order chi connectivity index (χ1) is 13.6. The predicted molar refractivity (Wildman–Crippen MR) is 119 cm³/mol. The normalized spacial score (nSPS) is 27.2. The van der Waals surface area contributed by atoms with Crippen LogP contribution in [0.2, 0.25) is 0 Å².